The summed E-state index contributed by atoms with van der Waals surface area (Å²) >= 11 is 7.49. The monoisotopic (exact) mass is 475 g/mol. The van der Waals surface area contributed by atoms with E-state index in [4.69, 9.17) is 17.0 Å². The van der Waals surface area contributed by atoms with Crippen LogP contribution in [0.5, 0.6) is 5.75 Å². The lowest BCUT2D eigenvalue weighted by Crippen LogP contribution is -2.29. The molecule has 0 bridgehead atoms. The van der Waals surface area contributed by atoms with Gasteiger partial charge in [-0.25, -0.2) is 4.98 Å². The Balaban J connectivity index is 1.64. The van der Waals surface area contributed by atoms with Crippen LogP contribution in [0.4, 0.5) is 5.69 Å². The fraction of sp³-hybridized carbons (Fsp3) is 0.240. The predicted octanol–water partition coefficient (Wildman–Crippen LogP) is 5.52. The van der Waals surface area contributed by atoms with Crippen LogP contribution in [0.1, 0.15) is 41.7 Å². The van der Waals surface area contributed by atoms with Gasteiger partial charge in [0.1, 0.15) is 5.75 Å². The Bertz CT molecular complexity index is 1250. The second-order valence-electron chi connectivity index (χ2n) is 7.90. The summed E-state index contributed by atoms with van der Waals surface area (Å²) in [5.41, 5.74) is 5.45. The summed E-state index contributed by atoms with van der Waals surface area (Å²) in [7, 11) is 0. The van der Waals surface area contributed by atoms with Crippen molar-refractivity contribution in [1.29, 1.82) is 0 Å². The first-order valence-corrected chi connectivity index (χ1v) is 12.2. The molecule has 0 radical (unpaired) electrons. The normalized spacial score (nSPS) is 17.9. The third-order valence-corrected chi connectivity index (χ3v) is 6.99. The van der Waals surface area contributed by atoms with Gasteiger partial charge >= 0.3 is 0 Å². The van der Waals surface area contributed by atoms with E-state index < -0.39 is 0 Å². The van der Waals surface area contributed by atoms with Gasteiger partial charge in [0.15, 0.2) is 10.2 Å². The van der Waals surface area contributed by atoms with Crippen LogP contribution in [-0.4, -0.2) is 26.3 Å². The second kappa shape index (κ2) is 8.96. The van der Waals surface area contributed by atoms with Gasteiger partial charge in [-0.05, 0) is 81.0 Å². The number of hydrogen-bond donors (Lipinski definition) is 1. The van der Waals surface area contributed by atoms with Crippen molar-refractivity contribution in [3.63, 3.8) is 0 Å². The molecule has 6 nitrogen and oxygen atoms in total. The number of pyridine rings is 1. The first kappa shape index (κ1) is 21.6. The number of anilines is 1. The van der Waals surface area contributed by atoms with E-state index in [1.807, 2.05) is 49.0 Å². The first-order chi connectivity index (χ1) is 16.1. The van der Waals surface area contributed by atoms with Gasteiger partial charge in [-0.3, -0.25) is 9.55 Å². The molecule has 1 fully saturated rings. The molecule has 8 heteroatoms. The summed E-state index contributed by atoms with van der Waals surface area (Å²) in [6, 6.07) is 16.2. The van der Waals surface area contributed by atoms with Crippen LogP contribution in [0.15, 0.2) is 66.3 Å². The number of nitrogens with one attached hydrogen (secondary N) is 1. The molecule has 0 unspecified atom stereocenters. The zero-order valence-corrected chi connectivity index (χ0v) is 20.4. The van der Waals surface area contributed by atoms with Crippen LogP contribution in [0.2, 0.25) is 0 Å². The summed E-state index contributed by atoms with van der Waals surface area (Å²) in [5.74, 6) is 0.846. The summed E-state index contributed by atoms with van der Waals surface area (Å²) in [5, 5.41) is 7.19. The van der Waals surface area contributed by atoms with E-state index in [0.717, 1.165) is 33.7 Å². The Hall–Kier alpha value is -3.23. The standard InChI is InChI=1S/C25H25N5OS2/c1-4-31-19-10-8-18(9-11-19)30-23(22(28-24(30)32)21-7-5-6-12-26-21)20-15-16(2)29(17(20)3)25-27-13-14-33-25/h5-15,22-23H,4H2,1-3H3,(H,28,32)/t22-,23+/m0/s1. The highest BCUT2D eigenvalue weighted by molar-refractivity contribution is 7.80. The maximum Gasteiger partial charge on any atom is 0.193 e. The molecule has 1 aliphatic heterocycles. The lowest BCUT2D eigenvalue weighted by Gasteiger charge is -2.28. The van der Waals surface area contributed by atoms with Crippen LogP contribution >= 0.6 is 23.6 Å². The number of thiocarbonyl (C=S) groups is 1. The van der Waals surface area contributed by atoms with Crippen molar-refractivity contribution in [3.05, 3.63) is 88.9 Å². The molecule has 168 valence electrons. The van der Waals surface area contributed by atoms with Gasteiger partial charge in [0.25, 0.3) is 0 Å². The second-order valence-corrected chi connectivity index (χ2v) is 9.16. The number of hydrogen-bond acceptors (Lipinski definition) is 5. The third-order valence-electron chi connectivity index (χ3n) is 5.92. The lowest BCUT2D eigenvalue weighted by atomic mass is 9.96. The maximum atomic E-state index is 5.86. The molecule has 0 saturated carbocycles. The Kier molecular flexibility index (Phi) is 5.86. The SMILES string of the molecule is CCOc1ccc(N2C(=S)N[C@@H](c3ccccn3)[C@H]2c2cc(C)n(-c3nccs3)c2C)cc1. The Labute approximate surface area is 202 Å². The number of thiazole rings is 1. The molecule has 4 heterocycles. The van der Waals surface area contributed by atoms with Crippen LogP contribution in [0.25, 0.3) is 5.13 Å². The molecule has 4 aromatic rings. The number of aromatic nitrogens is 3. The summed E-state index contributed by atoms with van der Waals surface area (Å²) in [4.78, 5) is 11.4. The molecule has 0 spiro atoms. The number of rotatable bonds is 6. The van der Waals surface area contributed by atoms with Gasteiger partial charge in [-0.1, -0.05) is 6.07 Å². The Morgan fingerprint density at radius 2 is 1.91 bits per heavy atom. The number of nitrogens with zero attached hydrogens (tertiary/aromatic N) is 4. The van der Waals surface area contributed by atoms with Crippen molar-refractivity contribution in [3.8, 4) is 10.9 Å². The predicted molar refractivity (Wildman–Crippen MR) is 136 cm³/mol. The highest BCUT2D eigenvalue weighted by Crippen LogP contribution is 2.44. The maximum absolute atomic E-state index is 5.86. The van der Waals surface area contributed by atoms with Crippen molar-refractivity contribution < 1.29 is 4.74 Å². The smallest absolute Gasteiger partial charge is 0.193 e. The summed E-state index contributed by atoms with van der Waals surface area (Å²) in [6.07, 6.45) is 3.67. The summed E-state index contributed by atoms with van der Waals surface area (Å²) in [6.45, 7) is 6.89. The van der Waals surface area contributed by atoms with Gasteiger partial charge in [-0.15, -0.1) is 11.3 Å². The Morgan fingerprint density at radius 1 is 1.09 bits per heavy atom. The van der Waals surface area contributed by atoms with E-state index in [9.17, 15) is 0 Å². The van der Waals surface area contributed by atoms with Crippen LogP contribution in [0.3, 0.4) is 0 Å². The molecule has 5 rings (SSSR count). The largest absolute Gasteiger partial charge is 0.494 e. The average molecular weight is 476 g/mol. The van der Waals surface area contributed by atoms with Crippen LogP contribution < -0.4 is 15.0 Å². The van der Waals surface area contributed by atoms with E-state index in [1.165, 1.54) is 5.56 Å². The lowest BCUT2D eigenvalue weighted by molar-refractivity contribution is 0.340. The molecule has 2 atom stereocenters. The van der Waals surface area contributed by atoms with Crippen molar-refractivity contribution in [1.82, 2.24) is 19.9 Å². The van der Waals surface area contributed by atoms with E-state index in [2.05, 4.69) is 62.9 Å². The minimum absolute atomic E-state index is 0.0646. The minimum Gasteiger partial charge on any atom is -0.494 e. The number of benzene rings is 1. The molecule has 1 aromatic carbocycles. The van der Waals surface area contributed by atoms with E-state index >= 15 is 0 Å². The number of ether oxygens (including phenoxy) is 1. The highest BCUT2D eigenvalue weighted by atomic mass is 32.1. The van der Waals surface area contributed by atoms with Gasteiger partial charge in [0.05, 0.1) is 24.4 Å². The molecule has 1 N–H and O–H groups in total. The summed E-state index contributed by atoms with van der Waals surface area (Å²) < 4.78 is 7.86. The first-order valence-electron chi connectivity index (χ1n) is 10.9. The number of aryl methyl sites for hydroxylation is 1. The molecule has 1 aliphatic rings. The van der Waals surface area contributed by atoms with Gasteiger partial charge < -0.3 is 15.0 Å². The van der Waals surface area contributed by atoms with Gasteiger partial charge in [0.2, 0.25) is 0 Å². The van der Waals surface area contributed by atoms with Crippen LogP contribution in [-0.2, 0) is 0 Å². The van der Waals surface area contributed by atoms with Crippen molar-refractivity contribution in [2.24, 2.45) is 0 Å². The van der Waals surface area contributed by atoms with Crippen molar-refractivity contribution in [2.75, 3.05) is 11.5 Å². The zero-order valence-electron chi connectivity index (χ0n) is 18.7. The van der Waals surface area contributed by atoms with Gasteiger partial charge in [-0.2, -0.15) is 0 Å². The molecule has 3 aromatic heterocycles. The molecular formula is C25H25N5OS2. The Morgan fingerprint density at radius 3 is 2.58 bits per heavy atom. The topological polar surface area (TPSA) is 55.2 Å². The molecule has 33 heavy (non-hydrogen) atoms. The molecule has 0 amide bonds. The molecule has 0 aliphatic carbocycles. The van der Waals surface area contributed by atoms with Crippen LogP contribution in [0, 0.1) is 13.8 Å². The zero-order chi connectivity index (χ0) is 22.9. The van der Waals surface area contributed by atoms with Gasteiger partial charge in [0, 0.05) is 34.8 Å². The third kappa shape index (κ3) is 3.89. The van der Waals surface area contributed by atoms with E-state index in [-0.39, 0.29) is 12.1 Å². The minimum atomic E-state index is -0.0875. The molecular weight excluding hydrogens is 450 g/mol. The van der Waals surface area contributed by atoms with Crippen molar-refractivity contribution in [2.45, 2.75) is 32.9 Å². The fourth-order valence-corrected chi connectivity index (χ4v) is 5.62. The highest BCUT2D eigenvalue weighted by Gasteiger charge is 2.42. The fourth-order valence-electron chi connectivity index (χ4n) is 4.53. The van der Waals surface area contributed by atoms with Crippen molar-refractivity contribution >= 4 is 34.4 Å². The molecule has 1 saturated heterocycles. The van der Waals surface area contributed by atoms with E-state index in [1.54, 1.807) is 11.3 Å². The average Bonchev–Trinajstić information content (AvgIpc) is 3.53. The van der Waals surface area contributed by atoms with E-state index in [0.29, 0.717) is 11.7 Å². The quantitative estimate of drug-likeness (QED) is 0.371.